The molecule has 0 aliphatic heterocycles. The van der Waals surface area contributed by atoms with Crippen LogP contribution < -0.4 is 4.74 Å². The molecule has 0 N–H and O–H groups in total. The predicted octanol–water partition coefficient (Wildman–Crippen LogP) is 3.87. The fourth-order valence-electron chi connectivity index (χ4n) is 2.20. The quantitative estimate of drug-likeness (QED) is 0.352. The number of fused-ring (bicyclic) bond motifs is 1. The van der Waals surface area contributed by atoms with Crippen molar-refractivity contribution in [3.05, 3.63) is 60.2 Å². The van der Waals surface area contributed by atoms with Gasteiger partial charge in [-0.05, 0) is 29.8 Å². The molecule has 4 nitrogen and oxygen atoms in total. The Balaban J connectivity index is 2.57. The van der Waals surface area contributed by atoms with Crippen LogP contribution in [-0.4, -0.2) is 19.2 Å². The molecule has 0 aliphatic carbocycles. The van der Waals surface area contributed by atoms with Crippen molar-refractivity contribution in [2.24, 2.45) is 0 Å². The molecule has 0 fully saturated rings. The largest absolute Gasteiger partial charge is 0.493 e. The van der Waals surface area contributed by atoms with Gasteiger partial charge >= 0.3 is 5.97 Å². The van der Waals surface area contributed by atoms with Crippen LogP contribution in [0.15, 0.2) is 54.6 Å². The molecule has 0 bridgehead atoms. The smallest absolute Gasteiger partial charge is 0.349 e. The van der Waals surface area contributed by atoms with Gasteiger partial charge in [0.1, 0.15) is 24.0 Å². The van der Waals surface area contributed by atoms with E-state index in [2.05, 4.69) is 6.58 Å². The van der Waals surface area contributed by atoms with Crippen LogP contribution >= 0.6 is 0 Å². The van der Waals surface area contributed by atoms with Crippen LogP contribution in [0.5, 0.6) is 5.75 Å². The van der Waals surface area contributed by atoms with Gasteiger partial charge in [0.15, 0.2) is 0 Å². The summed E-state index contributed by atoms with van der Waals surface area (Å²) in [6, 6.07) is 13.4. The van der Waals surface area contributed by atoms with Crippen molar-refractivity contribution in [2.45, 2.75) is 6.92 Å². The summed E-state index contributed by atoms with van der Waals surface area (Å²) in [5.41, 5.74) is 0.612. The highest BCUT2D eigenvalue weighted by Gasteiger charge is 2.14. The van der Waals surface area contributed by atoms with E-state index in [1.54, 1.807) is 0 Å². The second kappa shape index (κ2) is 7.81. The fraction of sp³-hybridized carbons (Fsp3) is 0.158. The van der Waals surface area contributed by atoms with Gasteiger partial charge in [-0.25, -0.2) is 4.79 Å². The standard InChI is InChI=1S/C19H17NO3/c1-3-11-23-19(21)15(13-20)12-17-16-8-6-5-7-14(16)9-10-18(17)22-4-2/h3,5-10,12H,1,4,11H2,2H3/b15-12+. The maximum atomic E-state index is 11.9. The van der Waals surface area contributed by atoms with E-state index < -0.39 is 5.97 Å². The van der Waals surface area contributed by atoms with Gasteiger partial charge in [-0.1, -0.05) is 43.0 Å². The minimum Gasteiger partial charge on any atom is -0.493 e. The lowest BCUT2D eigenvalue weighted by atomic mass is 10.0. The van der Waals surface area contributed by atoms with Gasteiger partial charge in [0, 0.05) is 5.56 Å². The van der Waals surface area contributed by atoms with Gasteiger partial charge in [-0.15, -0.1) is 0 Å². The van der Waals surface area contributed by atoms with E-state index in [1.807, 2.05) is 49.4 Å². The van der Waals surface area contributed by atoms with Gasteiger partial charge < -0.3 is 9.47 Å². The number of carbonyl (C=O) groups excluding carboxylic acids is 1. The molecule has 4 heteroatoms. The summed E-state index contributed by atoms with van der Waals surface area (Å²) in [4.78, 5) is 11.9. The van der Waals surface area contributed by atoms with Crippen LogP contribution in [0.1, 0.15) is 12.5 Å². The molecule has 0 amide bonds. The first-order chi connectivity index (χ1) is 11.2. The first kappa shape index (κ1) is 16.3. The lowest BCUT2D eigenvalue weighted by molar-refractivity contribution is -0.137. The van der Waals surface area contributed by atoms with Crippen LogP contribution in [-0.2, 0) is 9.53 Å². The number of nitriles is 1. The first-order valence-corrected chi connectivity index (χ1v) is 7.25. The third kappa shape index (κ3) is 3.78. The SMILES string of the molecule is C=CCOC(=O)/C(C#N)=C/c1c(OCC)ccc2ccccc12. The van der Waals surface area contributed by atoms with Gasteiger partial charge in [0.25, 0.3) is 0 Å². The Bertz CT molecular complexity index is 800. The Morgan fingerprint density at radius 2 is 2.09 bits per heavy atom. The molecule has 2 aromatic rings. The Labute approximate surface area is 135 Å². The maximum absolute atomic E-state index is 11.9. The van der Waals surface area contributed by atoms with Crippen LogP contribution in [0.25, 0.3) is 16.8 Å². The molecule has 116 valence electrons. The normalized spacial score (nSPS) is 10.9. The van der Waals surface area contributed by atoms with Crippen molar-refractivity contribution in [2.75, 3.05) is 13.2 Å². The lowest BCUT2D eigenvalue weighted by Gasteiger charge is -2.11. The zero-order valence-electron chi connectivity index (χ0n) is 12.9. The summed E-state index contributed by atoms with van der Waals surface area (Å²) < 4.78 is 10.6. The summed E-state index contributed by atoms with van der Waals surface area (Å²) >= 11 is 0. The fourth-order valence-corrected chi connectivity index (χ4v) is 2.20. The number of carbonyl (C=O) groups is 1. The van der Waals surface area contributed by atoms with Crippen molar-refractivity contribution in [1.82, 2.24) is 0 Å². The number of benzene rings is 2. The number of ether oxygens (including phenoxy) is 2. The van der Waals surface area contributed by atoms with Gasteiger partial charge in [0.2, 0.25) is 0 Å². The van der Waals surface area contributed by atoms with Crippen molar-refractivity contribution in [1.29, 1.82) is 5.26 Å². The van der Waals surface area contributed by atoms with Crippen LogP contribution in [0.3, 0.4) is 0 Å². The van der Waals surface area contributed by atoms with E-state index >= 15 is 0 Å². The molecule has 0 aliphatic rings. The zero-order chi connectivity index (χ0) is 16.7. The van der Waals surface area contributed by atoms with E-state index in [0.29, 0.717) is 17.9 Å². The third-order valence-electron chi connectivity index (χ3n) is 3.19. The number of hydrogen-bond donors (Lipinski definition) is 0. The molecule has 0 spiro atoms. The first-order valence-electron chi connectivity index (χ1n) is 7.25. The number of esters is 1. The van der Waals surface area contributed by atoms with Gasteiger partial charge in [-0.2, -0.15) is 5.26 Å². The topological polar surface area (TPSA) is 59.3 Å². The van der Waals surface area contributed by atoms with Crippen LogP contribution in [0, 0.1) is 11.3 Å². The zero-order valence-corrected chi connectivity index (χ0v) is 12.9. The Morgan fingerprint density at radius 3 is 2.78 bits per heavy atom. The summed E-state index contributed by atoms with van der Waals surface area (Å²) in [5.74, 6) is -0.0572. The van der Waals surface area contributed by atoms with E-state index in [0.717, 1.165) is 10.8 Å². The Hall–Kier alpha value is -3.06. The number of nitrogens with zero attached hydrogens (tertiary/aromatic N) is 1. The van der Waals surface area contributed by atoms with E-state index in [-0.39, 0.29) is 12.2 Å². The van der Waals surface area contributed by atoms with E-state index in [4.69, 9.17) is 9.47 Å². The highest BCUT2D eigenvalue weighted by Crippen LogP contribution is 2.30. The van der Waals surface area contributed by atoms with Crippen LogP contribution in [0.4, 0.5) is 0 Å². The van der Waals surface area contributed by atoms with Crippen LogP contribution in [0.2, 0.25) is 0 Å². The number of hydrogen-bond acceptors (Lipinski definition) is 4. The minimum absolute atomic E-state index is 0.0612. The van der Waals surface area contributed by atoms with Crippen molar-refractivity contribution < 1.29 is 14.3 Å². The number of rotatable bonds is 6. The van der Waals surface area contributed by atoms with E-state index in [9.17, 15) is 10.1 Å². The lowest BCUT2D eigenvalue weighted by Crippen LogP contribution is -2.07. The molecule has 0 aromatic heterocycles. The molecule has 0 atom stereocenters. The Kier molecular flexibility index (Phi) is 5.54. The molecule has 2 aromatic carbocycles. The monoisotopic (exact) mass is 307 g/mol. The van der Waals surface area contributed by atoms with Crippen molar-refractivity contribution in [3.8, 4) is 11.8 Å². The Morgan fingerprint density at radius 1 is 1.30 bits per heavy atom. The van der Waals surface area contributed by atoms with Crippen molar-refractivity contribution >= 4 is 22.8 Å². The summed E-state index contributed by atoms with van der Waals surface area (Å²) in [7, 11) is 0. The second-order valence-corrected chi connectivity index (χ2v) is 4.69. The van der Waals surface area contributed by atoms with Gasteiger partial charge in [0.05, 0.1) is 6.61 Å². The summed E-state index contributed by atoms with van der Waals surface area (Å²) in [6.45, 7) is 5.91. The predicted molar refractivity (Wildman–Crippen MR) is 89.9 cm³/mol. The molecule has 0 saturated heterocycles. The summed E-state index contributed by atoms with van der Waals surface area (Å²) in [5, 5.41) is 11.2. The molecule has 2 rings (SSSR count). The van der Waals surface area contributed by atoms with Gasteiger partial charge in [-0.3, -0.25) is 0 Å². The molecule has 0 radical (unpaired) electrons. The molecular weight excluding hydrogens is 290 g/mol. The average Bonchev–Trinajstić information content (AvgIpc) is 2.58. The minimum atomic E-state index is -0.678. The summed E-state index contributed by atoms with van der Waals surface area (Å²) in [6.07, 6.45) is 2.97. The highest BCUT2D eigenvalue weighted by atomic mass is 16.5. The molecule has 23 heavy (non-hydrogen) atoms. The van der Waals surface area contributed by atoms with E-state index in [1.165, 1.54) is 12.2 Å². The highest BCUT2D eigenvalue weighted by molar-refractivity contribution is 6.02. The maximum Gasteiger partial charge on any atom is 0.349 e. The average molecular weight is 307 g/mol. The molecule has 0 saturated carbocycles. The second-order valence-electron chi connectivity index (χ2n) is 4.69. The van der Waals surface area contributed by atoms with Crippen molar-refractivity contribution in [3.63, 3.8) is 0 Å². The molecular formula is C19H17NO3. The third-order valence-corrected chi connectivity index (χ3v) is 3.19. The molecule has 0 unspecified atom stereocenters. The molecule has 0 heterocycles.